The van der Waals surface area contributed by atoms with Gasteiger partial charge in [-0.3, -0.25) is 4.90 Å². The van der Waals surface area contributed by atoms with Crippen molar-refractivity contribution < 1.29 is 9.47 Å². The van der Waals surface area contributed by atoms with Crippen molar-refractivity contribution in [3.8, 4) is 5.75 Å². The Labute approximate surface area is 129 Å². The summed E-state index contributed by atoms with van der Waals surface area (Å²) in [4.78, 5) is 2.28. The molecule has 0 saturated carbocycles. The maximum absolute atomic E-state index is 6.16. The normalized spacial score (nSPS) is 23.9. The van der Waals surface area contributed by atoms with Gasteiger partial charge in [-0.2, -0.15) is 0 Å². The second kappa shape index (κ2) is 6.96. The lowest BCUT2D eigenvalue weighted by Crippen LogP contribution is -2.51. The molecule has 1 aromatic rings. The molecule has 0 spiro atoms. The first-order valence-corrected chi connectivity index (χ1v) is 7.33. The Bertz CT molecular complexity index is 471. The fourth-order valence-electron chi connectivity index (χ4n) is 2.59. The zero-order valence-corrected chi connectivity index (χ0v) is 13.2. The molecule has 2 N–H and O–H groups in total. The topological polar surface area (TPSA) is 47.7 Å². The number of piperidine rings is 1. The number of nitrogens with two attached hydrogens (primary N) is 1. The largest absolute Gasteiger partial charge is 0.495 e. The van der Waals surface area contributed by atoms with Crippen LogP contribution in [-0.4, -0.2) is 44.4 Å². The summed E-state index contributed by atoms with van der Waals surface area (Å²) < 4.78 is 10.8. The number of ether oxygens (including phenoxy) is 2. The molecule has 112 valence electrons. The van der Waals surface area contributed by atoms with Gasteiger partial charge in [-0.05, 0) is 18.6 Å². The van der Waals surface area contributed by atoms with Crippen LogP contribution in [0.1, 0.15) is 12.0 Å². The average molecular weight is 319 g/mol. The van der Waals surface area contributed by atoms with Crippen LogP contribution in [0.4, 0.5) is 0 Å². The predicted molar refractivity (Wildman–Crippen MR) is 81.7 cm³/mol. The van der Waals surface area contributed by atoms with Crippen molar-refractivity contribution in [1.82, 2.24) is 4.90 Å². The maximum Gasteiger partial charge on any atom is 0.142 e. The minimum absolute atomic E-state index is 0.0596. The van der Waals surface area contributed by atoms with Crippen LogP contribution in [0.5, 0.6) is 5.75 Å². The van der Waals surface area contributed by atoms with Gasteiger partial charge in [0.1, 0.15) is 5.75 Å². The van der Waals surface area contributed by atoms with Gasteiger partial charge in [-0.15, -0.1) is 0 Å². The number of nitrogens with zero attached hydrogens (tertiary/aromatic N) is 1. The third kappa shape index (κ3) is 3.57. The third-order valence-electron chi connectivity index (χ3n) is 3.68. The fraction of sp³-hybridized carbons (Fsp3) is 0.571. The Morgan fingerprint density at radius 1 is 1.35 bits per heavy atom. The van der Waals surface area contributed by atoms with E-state index in [9.17, 15) is 0 Å². The molecule has 2 atom stereocenters. The van der Waals surface area contributed by atoms with E-state index in [1.165, 1.54) is 0 Å². The third-order valence-corrected chi connectivity index (χ3v) is 4.18. The van der Waals surface area contributed by atoms with E-state index in [1.807, 2.05) is 6.07 Å². The SMILES string of the molecule is COc1c(Cl)cc(Cl)cc1CN1CC[C@H](N)[C@H](OC)C1. The number of likely N-dealkylation sites (tertiary alicyclic amines) is 1. The maximum atomic E-state index is 6.16. The number of methoxy groups -OCH3 is 2. The molecular weight excluding hydrogens is 299 g/mol. The predicted octanol–water partition coefficient (Wildman–Crippen LogP) is 2.55. The van der Waals surface area contributed by atoms with Crippen LogP contribution in [0.3, 0.4) is 0 Å². The van der Waals surface area contributed by atoms with E-state index in [4.69, 9.17) is 38.4 Å². The van der Waals surface area contributed by atoms with E-state index in [1.54, 1.807) is 20.3 Å². The molecular formula is C14H20Cl2N2O2. The van der Waals surface area contributed by atoms with Crippen LogP contribution >= 0.6 is 23.2 Å². The minimum atomic E-state index is 0.0596. The molecule has 1 heterocycles. The van der Waals surface area contributed by atoms with E-state index in [0.29, 0.717) is 15.8 Å². The molecule has 0 aliphatic carbocycles. The van der Waals surface area contributed by atoms with Crippen molar-refractivity contribution in [2.24, 2.45) is 5.73 Å². The van der Waals surface area contributed by atoms with Gasteiger partial charge < -0.3 is 15.2 Å². The highest BCUT2D eigenvalue weighted by molar-refractivity contribution is 6.35. The first-order chi connectivity index (χ1) is 9.55. The Morgan fingerprint density at radius 3 is 2.75 bits per heavy atom. The zero-order valence-electron chi connectivity index (χ0n) is 11.7. The zero-order chi connectivity index (χ0) is 14.7. The molecule has 1 fully saturated rings. The van der Waals surface area contributed by atoms with Crippen molar-refractivity contribution in [2.75, 3.05) is 27.3 Å². The quantitative estimate of drug-likeness (QED) is 0.926. The summed E-state index contributed by atoms with van der Waals surface area (Å²) in [7, 11) is 3.31. The summed E-state index contributed by atoms with van der Waals surface area (Å²) >= 11 is 12.2. The van der Waals surface area contributed by atoms with Crippen LogP contribution in [0.2, 0.25) is 10.0 Å². The Morgan fingerprint density at radius 2 is 2.10 bits per heavy atom. The van der Waals surface area contributed by atoms with Gasteiger partial charge >= 0.3 is 0 Å². The monoisotopic (exact) mass is 318 g/mol. The van der Waals surface area contributed by atoms with E-state index in [2.05, 4.69) is 4.90 Å². The van der Waals surface area contributed by atoms with Crippen LogP contribution < -0.4 is 10.5 Å². The first kappa shape index (κ1) is 15.9. The number of rotatable bonds is 4. The van der Waals surface area contributed by atoms with Gasteiger partial charge in [-0.1, -0.05) is 23.2 Å². The molecule has 6 heteroatoms. The smallest absolute Gasteiger partial charge is 0.142 e. The number of hydrogen-bond acceptors (Lipinski definition) is 4. The summed E-state index contributed by atoms with van der Waals surface area (Å²) in [6.45, 7) is 2.44. The van der Waals surface area contributed by atoms with Crippen LogP contribution in [0, 0.1) is 0 Å². The molecule has 2 rings (SSSR count). The van der Waals surface area contributed by atoms with E-state index in [0.717, 1.165) is 31.6 Å². The van der Waals surface area contributed by atoms with Crippen molar-refractivity contribution >= 4 is 23.2 Å². The van der Waals surface area contributed by atoms with Crippen LogP contribution in [-0.2, 0) is 11.3 Å². The highest BCUT2D eigenvalue weighted by Crippen LogP contribution is 2.33. The molecule has 1 aliphatic rings. The number of halogens is 2. The van der Waals surface area contributed by atoms with E-state index < -0.39 is 0 Å². The summed E-state index contributed by atoms with van der Waals surface area (Å²) in [5, 5.41) is 1.15. The van der Waals surface area contributed by atoms with Crippen LogP contribution in [0.25, 0.3) is 0 Å². The van der Waals surface area contributed by atoms with E-state index in [-0.39, 0.29) is 12.1 Å². The minimum Gasteiger partial charge on any atom is -0.495 e. The van der Waals surface area contributed by atoms with Crippen molar-refractivity contribution in [3.63, 3.8) is 0 Å². The van der Waals surface area contributed by atoms with Gasteiger partial charge in [0, 0.05) is 43.4 Å². The van der Waals surface area contributed by atoms with Gasteiger partial charge in [0.15, 0.2) is 0 Å². The summed E-state index contributed by atoms with van der Waals surface area (Å²) in [5.74, 6) is 0.680. The first-order valence-electron chi connectivity index (χ1n) is 6.57. The lowest BCUT2D eigenvalue weighted by molar-refractivity contribution is 0.0138. The lowest BCUT2D eigenvalue weighted by atomic mass is 10.0. The second-order valence-electron chi connectivity index (χ2n) is 5.04. The highest BCUT2D eigenvalue weighted by Gasteiger charge is 2.27. The van der Waals surface area contributed by atoms with E-state index >= 15 is 0 Å². The van der Waals surface area contributed by atoms with Gasteiger partial charge in [0.25, 0.3) is 0 Å². The van der Waals surface area contributed by atoms with Crippen molar-refractivity contribution in [1.29, 1.82) is 0 Å². The molecule has 1 saturated heterocycles. The molecule has 0 amide bonds. The number of benzene rings is 1. The van der Waals surface area contributed by atoms with Crippen molar-refractivity contribution in [3.05, 3.63) is 27.7 Å². The highest BCUT2D eigenvalue weighted by atomic mass is 35.5. The van der Waals surface area contributed by atoms with Gasteiger partial charge in [-0.25, -0.2) is 0 Å². The van der Waals surface area contributed by atoms with Crippen LogP contribution in [0.15, 0.2) is 12.1 Å². The summed E-state index contributed by atoms with van der Waals surface area (Å²) in [5.41, 5.74) is 7.01. The Hall–Kier alpha value is -0.520. The molecule has 0 bridgehead atoms. The molecule has 0 aromatic heterocycles. The fourth-order valence-corrected chi connectivity index (χ4v) is 3.20. The lowest BCUT2D eigenvalue weighted by Gasteiger charge is -2.36. The summed E-state index contributed by atoms with van der Waals surface area (Å²) in [6, 6.07) is 3.68. The molecule has 0 unspecified atom stereocenters. The second-order valence-corrected chi connectivity index (χ2v) is 5.89. The Balaban J connectivity index is 2.14. The molecule has 4 nitrogen and oxygen atoms in total. The molecule has 20 heavy (non-hydrogen) atoms. The van der Waals surface area contributed by atoms with Gasteiger partial charge in [0.2, 0.25) is 0 Å². The molecule has 1 aliphatic heterocycles. The summed E-state index contributed by atoms with van der Waals surface area (Å²) in [6.07, 6.45) is 0.971. The standard InChI is InChI=1S/C14H20Cl2N2O2/c1-19-13-8-18(4-3-12(13)17)7-9-5-10(15)6-11(16)14(9)20-2/h5-6,12-13H,3-4,7-8,17H2,1-2H3/t12-,13+/m0/s1. The van der Waals surface area contributed by atoms with Gasteiger partial charge in [0.05, 0.1) is 18.2 Å². The molecule has 1 aromatic carbocycles. The van der Waals surface area contributed by atoms with Crippen molar-refractivity contribution in [2.45, 2.75) is 25.1 Å². The Kier molecular flexibility index (Phi) is 5.52. The average Bonchev–Trinajstić information content (AvgIpc) is 2.40. The molecule has 0 radical (unpaired) electrons. The number of hydrogen-bond donors (Lipinski definition) is 1.